The Kier molecular flexibility index (Phi) is 5.05. The van der Waals surface area contributed by atoms with Crippen molar-refractivity contribution in [1.82, 2.24) is 0 Å². The fourth-order valence-corrected chi connectivity index (χ4v) is 2.45. The molecule has 7 heteroatoms. The van der Waals surface area contributed by atoms with E-state index >= 15 is 0 Å². The molecule has 0 aromatic heterocycles. The highest BCUT2D eigenvalue weighted by Gasteiger charge is 2.11. The molecule has 1 aliphatic rings. The molecular formula is C17H16ClFN2O3. The highest BCUT2D eigenvalue weighted by Crippen LogP contribution is 2.32. The van der Waals surface area contributed by atoms with Crippen molar-refractivity contribution in [2.45, 2.75) is 6.42 Å². The summed E-state index contributed by atoms with van der Waals surface area (Å²) in [5.41, 5.74) is 1.31. The van der Waals surface area contributed by atoms with Gasteiger partial charge < -0.3 is 20.1 Å². The van der Waals surface area contributed by atoms with Crippen LogP contribution in [0, 0.1) is 5.82 Å². The predicted molar refractivity (Wildman–Crippen MR) is 90.6 cm³/mol. The third-order valence-corrected chi connectivity index (χ3v) is 3.72. The fourth-order valence-electron chi connectivity index (χ4n) is 2.27. The summed E-state index contributed by atoms with van der Waals surface area (Å²) < 4.78 is 24.0. The van der Waals surface area contributed by atoms with Gasteiger partial charge in [-0.1, -0.05) is 11.6 Å². The van der Waals surface area contributed by atoms with Gasteiger partial charge in [0, 0.05) is 30.4 Å². The van der Waals surface area contributed by atoms with E-state index in [9.17, 15) is 9.18 Å². The Morgan fingerprint density at radius 3 is 2.62 bits per heavy atom. The summed E-state index contributed by atoms with van der Waals surface area (Å²) in [6, 6.07) is 9.59. The average molecular weight is 351 g/mol. The van der Waals surface area contributed by atoms with E-state index in [0.29, 0.717) is 31.2 Å². The molecule has 1 heterocycles. The van der Waals surface area contributed by atoms with Crippen LogP contribution in [0.15, 0.2) is 36.4 Å². The van der Waals surface area contributed by atoms with Gasteiger partial charge in [0.15, 0.2) is 11.5 Å². The molecule has 0 fully saturated rings. The Labute approximate surface area is 143 Å². The van der Waals surface area contributed by atoms with Crippen LogP contribution in [0.4, 0.5) is 15.8 Å². The first kappa shape index (κ1) is 16.4. The number of ether oxygens (including phenoxy) is 2. The Hall–Kier alpha value is -2.47. The summed E-state index contributed by atoms with van der Waals surface area (Å²) in [4.78, 5) is 11.9. The second kappa shape index (κ2) is 7.40. The highest BCUT2D eigenvalue weighted by atomic mass is 35.5. The van der Waals surface area contributed by atoms with E-state index in [2.05, 4.69) is 10.6 Å². The Morgan fingerprint density at radius 2 is 1.83 bits per heavy atom. The topological polar surface area (TPSA) is 59.6 Å². The lowest BCUT2D eigenvalue weighted by atomic mass is 10.2. The van der Waals surface area contributed by atoms with Crippen LogP contribution in [-0.4, -0.2) is 25.7 Å². The molecule has 0 saturated heterocycles. The van der Waals surface area contributed by atoms with Gasteiger partial charge in [-0.15, -0.1) is 0 Å². The van der Waals surface area contributed by atoms with Gasteiger partial charge in [0.05, 0.1) is 5.02 Å². The first-order valence-electron chi connectivity index (χ1n) is 7.50. The predicted octanol–water partition coefficient (Wildman–Crippen LogP) is 3.69. The first-order chi connectivity index (χ1) is 11.6. The van der Waals surface area contributed by atoms with Crippen LogP contribution in [0.25, 0.3) is 0 Å². The van der Waals surface area contributed by atoms with Crippen molar-refractivity contribution in [2.75, 3.05) is 30.4 Å². The van der Waals surface area contributed by atoms with Gasteiger partial charge in [0.25, 0.3) is 0 Å². The number of carbonyl (C=O) groups excluding carboxylic acids is 1. The zero-order valence-corrected chi connectivity index (χ0v) is 13.5. The lowest BCUT2D eigenvalue weighted by molar-refractivity contribution is -0.115. The summed E-state index contributed by atoms with van der Waals surface area (Å²) >= 11 is 5.68. The first-order valence-corrected chi connectivity index (χ1v) is 7.88. The van der Waals surface area contributed by atoms with E-state index in [1.807, 2.05) is 18.2 Å². The van der Waals surface area contributed by atoms with Crippen LogP contribution in [-0.2, 0) is 4.79 Å². The summed E-state index contributed by atoms with van der Waals surface area (Å²) in [6.45, 7) is 1.52. The number of rotatable bonds is 5. The van der Waals surface area contributed by atoms with E-state index in [-0.39, 0.29) is 17.4 Å². The molecule has 3 rings (SSSR count). The zero-order valence-electron chi connectivity index (χ0n) is 12.8. The third kappa shape index (κ3) is 4.08. The zero-order chi connectivity index (χ0) is 16.9. The maximum absolute atomic E-state index is 13.1. The monoisotopic (exact) mass is 350 g/mol. The molecule has 1 amide bonds. The van der Waals surface area contributed by atoms with E-state index in [0.717, 1.165) is 11.4 Å². The van der Waals surface area contributed by atoms with Crippen molar-refractivity contribution >= 4 is 28.9 Å². The van der Waals surface area contributed by atoms with Crippen molar-refractivity contribution in [1.29, 1.82) is 0 Å². The Morgan fingerprint density at radius 1 is 1.08 bits per heavy atom. The summed E-state index contributed by atoms with van der Waals surface area (Å²) in [6.07, 6.45) is 0.253. The van der Waals surface area contributed by atoms with Gasteiger partial charge in [-0.05, 0) is 30.3 Å². The van der Waals surface area contributed by atoms with Crippen LogP contribution in [0.3, 0.4) is 0 Å². The van der Waals surface area contributed by atoms with Crippen molar-refractivity contribution in [3.63, 3.8) is 0 Å². The van der Waals surface area contributed by atoms with Crippen LogP contribution in [0.5, 0.6) is 11.5 Å². The van der Waals surface area contributed by atoms with E-state index in [4.69, 9.17) is 21.1 Å². The number of nitrogens with one attached hydrogen (secondary N) is 2. The molecule has 0 bridgehead atoms. The molecule has 2 N–H and O–H groups in total. The molecule has 0 spiro atoms. The van der Waals surface area contributed by atoms with Gasteiger partial charge in [-0.2, -0.15) is 0 Å². The second-order valence-corrected chi connectivity index (χ2v) is 5.62. The molecule has 0 saturated carbocycles. The molecule has 2 aromatic rings. The maximum Gasteiger partial charge on any atom is 0.226 e. The molecule has 0 aliphatic carbocycles. The lowest BCUT2D eigenvalue weighted by Gasteiger charge is -2.19. The van der Waals surface area contributed by atoms with Gasteiger partial charge in [-0.25, -0.2) is 4.39 Å². The molecule has 2 aromatic carbocycles. The van der Waals surface area contributed by atoms with Gasteiger partial charge in [0.2, 0.25) is 5.91 Å². The number of hydrogen-bond donors (Lipinski definition) is 2. The third-order valence-electron chi connectivity index (χ3n) is 3.43. The molecule has 0 unspecified atom stereocenters. The van der Waals surface area contributed by atoms with Crippen molar-refractivity contribution < 1.29 is 18.7 Å². The van der Waals surface area contributed by atoms with Gasteiger partial charge in [0.1, 0.15) is 19.0 Å². The van der Waals surface area contributed by atoms with Crippen molar-refractivity contribution in [2.24, 2.45) is 0 Å². The van der Waals surface area contributed by atoms with Gasteiger partial charge >= 0.3 is 0 Å². The number of hydrogen-bond acceptors (Lipinski definition) is 4. The molecule has 0 atom stereocenters. The minimum atomic E-state index is -0.519. The SMILES string of the molecule is O=C(CCNc1ccc2c(c1)OCCO2)Nc1ccc(F)c(Cl)c1. The number of benzene rings is 2. The van der Waals surface area contributed by atoms with Gasteiger partial charge in [-0.3, -0.25) is 4.79 Å². The summed E-state index contributed by atoms with van der Waals surface area (Å²) in [7, 11) is 0. The minimum absolute atomic E-state index is 0.0257. The number of halogens is 2. The standard InChI is InChI=1S/C17H16ClFN2O3/c18-13-9-12(1-3-14(13)19)21-17(22)5-6-20-11-2-4-15-16(10-11)24-8-7-23-15/h1-4,9-10,20H,5-8H2,(H,21,22). The summed E-state index contributed by atoms with van der Waals surface area (Å²) in [5, 5.41) is 5.80. The number of amides is 1. The average Bonchev–Trinajstić information content (AvgIpc) is 2.58. The van der Waals surface area contributed by atoms with Crippen LogP contribution in [0.2, 0.25) is 5.02 Å². The number of carbonyl (C=O) groups is 1. The van der Waals surface area contributed by atoms with Crippen LogP contribution < -0.4 is 20.1 Å². The maximum atomic E-state index is 13.1. The fraction of sp³-hybridized carbons (Fsp3) is 0.235. The molecular weight excluding hydrogens is 335 g/mol. The molecule has 5 nitrogen and oxygen atoms in total. The molecule has 126 valence electrons. The van der Waals surface area contributed by atoms with E-state index in [1.165, 1.54) is 18.2 Å². The quantitative estimate of drug-likeness (QED) is 0.863. The molecule has 0 radical (unpaired) electrons. The largest absolute Gasteiger partial charge is 0.486 e. The minimum Gasteiger partial charge on any atom is -0.486 e. The normalized spacial score (nSPS) is 12.6. The summed E-state index contributed by atoms with van der Waals surface area (Å²) in [5.74, 6) is 0.701. The molecule has 24 heavy (non-hydrogen) atoms. The Bertz CT molecular complexity index is 755. The van der Waals surface area contributed by atoms with Crippen molar-refractivity contribution in [3.05, 3.63) is 47.2 Å². The van der Waals surface area contributed by atoms with E-state index in [1.54, 1.807) is 0 Å². The smallest absolute Gasteiger partial charge is 0.226 e. The Balaban J connectivity index is 1.49. The lowest BCUT2D eigenvalue weighted by Crippen LogP contribution is -2.17. The number of fused-ring (bicyclic) bond motifs is 1. The van der Waals surface area contributed by atoms with E-state index < -0.39 is 5.82 Å². The van der Waals surface area contributed by atoms with Crippen LogP contribution in [0.1, 0.15) is 6.42 Å². The van der Waals surface area contributed by atoms with Crippen molar-refractivity contribution in [3.8, 4) is 11.5 Å². The highest BCUT2D eigenvalue weighted by molar-refractivity contribution is 6.31. The number of anilines is 2. The van der Waals surface area contributed by atoms with Crippen LogP contribution >= 0.6 is 11.6 Å². The second-order valence-electron chi connectivity index (χ2n) is 5.21. The molecule has 1 aliphatic heterocycles.